The van der Waals surface area contributed by atoms with Crippen LogP contribution < -0.4 is 9.64 Å². The molecule has 41 heavy (non-hydrogen) atoms. The summed E-state index contributed by atoms with van der Waals surface area (Å²) >= 11 is 0. The highest BCUT2D eigenvalue weighted by Gasteiger charge is 2.37. The number of anilines is 1. The Labute approximate surface area is 237 Å². The van der Waals surface area contributed by atoms with Crippen LogP contribution in [0, 0.1) is 22.9 Å². The zero-order valence-electron chi connectivity index (χ0n) is 23.7. The van der Waals surface area contributed by atoms with Gasteiger partial charge in [0.15, 0.2) is 17.5 Å². The highest BCUT2D eigenvalue weighted by molar-refractivity contribution is 5.88. The first-order chi connectivity index (χ1) is 19.5. The number of carboxylic acids is 1. The third-order valence-corrected chi connectivity index (χ3v) is 8.25. The van der Waals surface area contributed by atoms with Crippen molar-refractivity contribution in [1.29, 1.82) is 0 Å². The molecule has 1 N–H and O–H groups in total. The molecule has 6 nitrogen and oxygen atoms in total. The van der Waals surface area contributed by atoms with Gasteiger partial charge in [0.1, 0.15) is 11.9 Å². The minimum atomic E-state index is -1.47. The minimum absolute atomic E-state index is 0.0346. The largest absolute Gasteiger partial charge is 0.497 e. The summed E-state index contributed by atoms with van der Waals surface area (Å²) in [6.45, 7) is 1.95. The number of methoxy groups -OCH3 is 1. The van der Waals surface area contributed by atoms with Crippen molar-refractivity contribution in [3.63, 3.8) is 0 Å². The second kappa shape index (κ2) is 13.1. The summed E-state index contributed by atoms with van der Waals surface area (Å²) in [5, 5.41) is 10.4. The van der Waals surface area contributed by atoms with Gasteiger partial charge in [-0.3, -0.25) is 9.78 Å². The Morgan fingerprint density at radius 1 is 1.15 bits per heavy atom. The molecule has 0 bridgehead atoms. The molecule has 0 spiro atoms. The molecule has 0 saturated carbocycles. The number of rotatable bonds is 12. The van der Waals surface area contributed by atoms with Gasteiger partial charge in [-0.2, -0.15) is 0 Å². The number of benzene rings is 2. The lowest BCUT2D eigenvalue weighted by molar-refractivity contribution is -0.141. The topological polar surface area (TPSA) is 65.9 Å². The van der Waals surface area contributed by atoms with Crippen molar-refractivity contribution in [2.75, 3.05) is 45.7 Å². The number of likely N-dealkylation sites (tertiary alicyclic amines) is 1. The summed E-state index contributed by atoms with van der Waals surface area (Å²) < 4.78 is 61.7. The van der Waals surface area contributed by atoms with Gasteiger partial charge in [-0.05, 0) is 99.5 Å². The van der Waals surface area contributed by atoms with Crippen LogP contribution in [0.3, 0.4) is 0 Å². The Hall–Kier alpha value is -3.40. The molecular weight excluding hydrogens is 538 g/mol. The van der Waals surface area contributed by atoms with Crippen LogP contribution in [0.4, 0.5) is 23.2 Å². The molecule has 1 aromatic heterocycles. The maximum atomic E-state index is 16.1. The molecule has 2 heterocycles. The van der Waals surface area contributed by atoms with Gasteiger partial charge in [0.25, 0.3) is 0 Å². The molecular formula is C31H37F4N3O3. The van der Waals surface area contributed by atoms with Crippen molar-refractivity contribution in [2.45, 2.75) is 51.1 Å². The van der Waals surface area contributed by atoms with Crippen LogP contribution >= 0.6 is 0 Å². The van der Waals surface area contributed by atoms with Crippen molar-refractivity contribution in [3.8, 4) is 5.75 Å². The van der Waals surface area contributed by atoms with Crippen LogP contribution in [0.1, 0.15) is 55.8 Å². The Morgan fingerprint density at radius 3 is 2.44 bits per heavy atom. The highest BCUT2D eigenvalue weighted by atomic mass is 19.2. The maximum Gasteiger partial charge on any atom is 0.303 e. The van der Waals surface area contributed by atoms with Gasteiger partial charge in [0, 0.05) is 25.0 Å². The molecule has 0 amide bonds. The van der Waals surface area contributed by atoms with Crippen LogP contribution in [0.25, 0.3) is 10.9 Å². The van der Waals surface area contributed by atoms with Crippen molar-refractivity contribution < 1.29 is 32.2 Å². The molecule has 0 radical (unpaired) electrons. The Balaban J connectivity index is 1.42. The Kier molecular flexibility index (Phi) is 9.73. The summed E-state index contributed by atoms with van der Waals surface area (Å²) in [4.78, 5) is 20.3. The number of alkyl halides is 1. The number of pyridine rings is 1. The van der Waals surface area contributed by atoms with Gasteiger partial charge in [0.2, 0.25) is 0 Å². The van der Waals surface area contributed by atoms with Crippen molar-refractivity contribution in [3.05, 3.63) is 65.1 Å². The number of fused-ring (bicyclic) bond motifs is 1. The molecule has 10 heteroatoms. The molecule has 0 aliphatic carbocycles. The van der Waals surface area contributed by atoms with E-state index < -0.39 is 35.0 Å². The lowest BCUT2D eigenvalue weighted by Gasteiger charge is -2.41. The highest BCUT2D eigenvalue weighted by Crippen LogP contribution is 2.44. The average Bonchev–Trinajstić information content (AvgIpc) is 2.94. The van der Waals surface area contributed by atoms with Crippen molar-refractivity contribution in [1.82, 2.24) is 9.88 Å². The second-order valence-corrected chi connectivity index (χ2v) is 11.2. The number of aliphatic carboxylic acids is 1. The number of ether oxygens (including phenoxy) is 1. The number of aromatic nitrogens is 1. The number of piperidine rings is 1. The van der Waals surface area contributed by atoms with E-state index >= 15 is 4.39 Å². The number of hydrogen-bond donors (Lipinski definition) is 1. The molecule has 1 aliphatic rings. The van der Waals surface area contributed by atoms with E-state index in [-0.39, 0.29) is 12.8 Å². The van der Waals surface area contributed by atoms with Gasteiger partial charge in [-0.25, -0.2) is 17.6 Å². The SMILES string of the molecule is COc1ccc2ncc(N(C)C)c(C(F)CCC3(CC(=O)O)CCN(CCCc4cc(F)c(F)c(F)c4)CC3)c2c1. The average molecular weight is 576 g/mol. The lowest BCUT2D eigenvalue weighted by Crippen LogP contribution is -2.41. The molecule has 1 fully saturated rings. The lowest BCUT2D eigenvalue weighted by atomic mass is 9.71. The van der Waals surface area contributed by atoms with Gasteiger partial charge in [-0.15, -0.1) is 0 Å². The van der Waals surface area contributed by atoms with E-state index in [4.69, 9.17) is 4.74 Å². The Bertz CT molecular complexity index is 1350. The number of carboxylic acid groups (broad SMARTS) is 1. The molecule has 4 rings (SSSR count). The number of hydrogen-bond acceptors (Lipinski definition) is 5. The summed E-state index contributed by atoms with van der Waals surface area (Å²) in [5.41, 5.74) is 1.71. The number of nitrogens with zero attached hydrogens (tertiary/aromatic N) is 3. The van der Waals surface area contributed by atoms with E-state index in [2.05, 4.69) is 9.88 Å². The van der Waals surface area contributed by atoms with E-state index in [0.717, 1.165) is 12.1 Å². The van der Waals surface area contributed by atoms with E-state index in [0.29, 0.717) is 85.2 Å². The quantitative estimate of drug-likeness (QED) is 0.191. The number of halogens is 4. The number of aryl methyl sites for hydroxylation is 1. The van der Waals surface area contributed by atoms with Gasteiger partial charge < -0.3 is 19.6 Å². The van der Waals surface area contributed by atoms with E-state index in [9.17, 15) is 23.1 Å². The summed E-state index contributed by atoms with van der Waals surface area (Å²) in [6.07, 6.45) is 3.13. The normalized spacial score (nSPS) is 16.1. The maximum absolute atomic E-state index is 16.1. The van der Waals surface area contributed by atoms with Gasteiger partial charge >= 0.3 is 5.97 Å². The first-order valence-electron chi connectivity index (χ1n) is 13.9. The molecule has 2 aromatic carbocycles. The second-order valence-electron chi connectivity index (χ2n) is 11.2. The van der Waals surface area contributed by atoms with Crippen LogP contribution in [0.2, 0.25) is 0 Å². The third-order valence-electron chi connectivity index (χ3n) is 8.25. The summed E-state index contributed by atoms with van der Waals surface area (Å²) in [5.74, 6) is -4.15. The number of carbonyl (C=O) groups is 1. The Morgan fingerprint density at radius 2 is 1.83 bits per heavy atom. The predicted octanol–water partition coefficient (Wildman–Crippen LogP) is 6.71. The van der Waals surface area contributed by atoms with Crippen molar-refractivity contribution >= 4 is 22.6 Å². The first-order valence-corrected chi connectivity index (χ1v) is 13.9. The molecule has 1 aliphatic heterocycles. The van der Waals surface area contributed by atoms with E-state index in [1.807, 2.05) is 19.0 Å². The van der Waals surface area contributed by atoms with Crippen LogP contribution in [-0.2, 0) is 11.2 Å². The van der Waals surface area contributed by atoms with Crippen LogP contribution in [-0.4, -0.2) is 61.8 Å². The zero-order valence-corrected chi connectivity index (χ0v) is 23.7. The smallest absolute Gasteiger partial charge is 0.303 e. The van der Waals surface area contributed by atoms with Crippen LogP contribution in [0.15, 0.2) is 36.5 Å². The fourth-order valence-electron chi connectivity index (χ4n) is 5.92. The molecule has 3 aromatic rings. The third kappa shape index (κ3) is 7.28. The van der Waals surface area contributed by atoms with Crippen molar-refractivity contribution in [2.24, 2.45) is 5.41 Å². The fourth-order valence-corrected chi connectivity index (χ4v) is 5.92. The van der Waals surface area contributed by atoms with Crippen LogP contribution in [0.5, 0.6) is 5.75 Å². The van der Waals surface area contributed by atoms with Gasteiger partial charge in [0.05, 0.1) is 30.9 Å². The molecule has 1 unspecified atom stereocenters. The minimum Gasteiger partial charge on any atom is -0.497 e. The standard InChI is InChI=1S/C31H37F4N3O3/c1-37(2)27-19-36-26-7-6-21(41-3)17-22(26)29(27)23(32)8-9-31(18-28(39)40)10-13-38(14-11-31)12-4-5-20-15-24(33)30(35)25(34)16-20/h6-7,15-17,19,23H,4-5,8-14,18H2,1-3H3,(H,39,40). The monoisotopic (exact) mass is 575 g/mol. The zero-order chi connectivity index (χ0) is 29.7. The first kappa shape index (κ1) is 30.6. The predicted molar refractivity (Wildman–Crippen MR) is 151 cm³/mol. The van der Waals surface area contributed by atoms with Gasteiger partial charge in [-0.1, -0.05) is 0 Å². The fraction of sp³-hybridized carbons (Fsp3) is 0.484. The molecule has 1 atom stereocenters. The summed E-state index contributed by atoms with van der Waals surface area (Å²) in [6, 6.07) is 7.41. The molecule has 1 saturated heterocycles. The molecule has 222 valence electrons. The summed E-state index contributed by atoms with van der Waals surface area (Å²) in [7, 11) is 5.23. The van der Waals surface area contributed by atoms with E-state index in [1.165, 1.54) is 0 Å². The van der Waals surface area contributed by atoms with E-state index in [1.54, 1.807) is 31.5 Å².